The lowest BCUT2D eigenvalue weighted by molar-refractivity contribution is -0.134. The Morgan fingerprint density at radius 2 is 1.79 bits per heavy atom. The van der Waals surface area contributed by atoms with Gasteiger partial charge in [0.05, 0.1) is 0 Å². The van der Waals surface area contributed by atoms with Crippen LogP contribution in [0.15, 0.2) is 54.6 Å². The molecule has 1 heterocycles. The molecule has 2 N–H and O–H groups in total. The molecule has 0 radical (unpaired) electrons. The molecule has 1 aliphatic rings. The summed E-state index contributed by atoms with van der Waals surface area (Å²) < 4.78 is 13.3. The van der Waals surface area contributed by atoms with Gasteiger partial charge in [-0.2, -0.15) is 0 Å². The first-order valence-corrected chi connectivity index (χ1v) is 9.21. The summed E-state index contributed by atoms with van der Waals surface area (Å²) in [4.78, 5) is 39.0. The zero-order chi connectivity index (χ0) is 20.1. The van der Waals surface area contributed by atoms with Crippen molar-refractivity contribution in [3.05, 3.63) is 66.0 Å². The van der Waals surface area contributed by atoms with Crippen molar-refractivity contribution >= 4 is 23.5 Å². The highest BCUT2D eigenvalue weighted by atomic mass is 19.1. The number of hydrogen-bond donors (Lipinski definition) is 2. The van der Waals surface area contributed by atoms with Crippen LogP contribution in [0.1, 0.15) is 31.7 Å². The van der Waals surface area contributed by atoms with Crippen molar-refractivity contribution in [3.8, 4) is 0 Å². The monoisotopic (exact) mass is 383 g/mol. The second kappa shape index (κ2) is 8.21. The van der Waals surface area contributed by atoms with Crippen LogP contribution in [0, 0.1) is 5.82 Å². The second-order valence-electron chi connectivity index (χ2n) is 6.75. The van der Waals surface area contributed by atoms with Crippen LogP contribution in [0.25, 0.3) is 0 Å². The second-order valence-corrected chi connectivity index (χ2v) is 6.75. The summed E-state index contributed by atoms with van der Waals surface area (Å²) in [7, 11) is 0. The first kappa shape index (κ1) is 19.5. The van der Waals surface area contributed by atoms with Gasteiger partial charge in [-0.1, -0.05) is 50.1 Å². The Hall–Kier alpha value is -3.22. The van der Waals surface area contributed by atoms with E-state index in [4.69, 9.17) is 0 Å². The molecular formula is C21H22FN3O3. The van der Waals surface area contributed by atoms with Crippen LogP contribution in [0.3, 0.4) is 0 Å². The minimum absolute atomic E-state index is 0.372. The van der Waals surface area contributed by atoms with Crippen molar-refractivity contribution in [1.82, 2.24) is 10.2 Å². The van der Waals surface area contributed by atoms with Gasteiger partial charge in [0.1, 0.15) is 17.9 Å². The molecule has 2 aromatic carbocycles. The molecule has 0 spiro atoms. The number of anilines is 1. The number of para-hydroxylation sites is 1. The van der Waals surface area contributed by atoms with Gasteiger partial charge in [-0.25, -0.2) is 9.18 Å². The summed E-state index contributed by atoms with van der Waals surface area (Å²) in [5, 5.41) is 5.41. The van der Waals surface area contributed by atoms with E-state index in [1.165, 1.54) is 24.3 Å². The number of halogens is 1. The Bertz CT molecular complexity index is 870. The van der Waals surface area contributed by atoms with Gasteiger partial charge in [0.25, 0.3) is 5.91 Å². The molecule has 1 saturated heterocycles. The number of nitrogens with zero attached hydrogens (tertiary/aromatic N) is 1. The molecule has 0 aromatic heterocycles. The summed E-state index contributed by atoms with van der Waals surface area (Å²) in [6.07, 6.45) is 1.88. The van der Waals surface area contributed by atoms with Gasteiger partial charge >= 0.3 is 6.03 Å². The Morgan fingerprint density at radius 3 is 2.43 bits per heavy atom. The lowest BCUT2D eigenvalue weighted by atomic mass is 9.85. The van der Waals surface area contributed by atoms with Crippen molar-refractivity contribution in [3.63, 3.8) is 0 Å². The average molecular weight is 383 g/mol. The minimum atomic E-state index is -1.28. The fourth-order valence-electron chi connectivity index (χ4n) is 3.32. The normalized spacial score (nSPS) is 18.9. The predicted octanol–water partition coefficient (Wildman–Crippen LogP) is 3.40. The number of imide groups is 1. The molecule has 0 aliphatic carbocycles. The summed E-state index contributed by atoms with van der Waals surface area (Å²) in [6.45, 7) is 1.58. The topological polar surface area (TPSA) is 78.5 Å². The minimum Gasteiger partial charge on any atom is -0.325 e. The molecule has 4 amide bonds. The molecule has 7 heteroatoms. The van der Waals surface area contributed by atoms with E-state index in [9.17, 15) is 18.8 Å². The number of benzene rings is 2. The molecule has 1 unspecified atom stereocenters. The quantitative estimate of drug-likeness (QED) is 0.720. The highest BCUT2D eigenvalue weighted by molar-refractivity contribution is 6.10. The molecule has 146 valence electrons. The zero-order valence-electron chi connectivity index (χ0n) is 15.6. The lowest BCUT2D eigenvalue weighted by Gasteiger charge is -2.27. The highest BCUT2D eigenvalue weighted by Gasteiger charge is 2.52. The van der Waals surface area contributed by atoms with Crippen molar-refractivity contribution in [2.24, 2.45) is 0 Å². The molecule has 0 bridgehead atoms. The Balaban J connectivity index is 1.82. The maximum absolute atomic E-state index is 13.3. The van der Waals surface area contributed by atoms with Gasteiger partial charge in [-0.05, 0) is 36.2 Å². The SMILES string of the molecule is CCCCC1(c2ccc(F)cc2)NC(=O)N(CC(=O)Nc2ccccc2)C1=O. The van der Waals surface area contributed by atoms with Gasteiger partial charge in [-0.15, -0.1) is 0 Å². The molecule has 2 aromatic rings. The van der Waals surface area contributed by atoms with E-state index in [1.54, 1.807) is 24.3 Å². The van der Waals surface area contributed by atoms with E-state index in [0.29, 0.717) is 24.1 Å². The van der Waals surface area contributed by atoms with Crippen LogP contribution in [0.2, 0.25) is 0 Å². The maximum atomic E-state index is 13.3. The highest BCUT2D eigenvalue weighted by Crippen LogP contribution is 2.34. The van der Waals surface area contributed by atoms with E-state index >= 15 is 0 Å². The molecule has 28 heavy (non-hydrogen) atoms. The van der Waals surface area contributed by atoms with Crippen LogP contribution in [-0.4, -0.2) is 29.3 Å². The van der Waals surface area contributed by atoms with Crippen LogP contribution in [0.5, 0.6) is 0 Å². The van der Waals surface area contributed by atoms with Gasteiger partial charge in [0.15, 0.2) is 0 Å². The number of unbranched alkanes of at least 4 members (excludes halogenated alkanes) is 1. The summed E-state index contributed by atoms with van der Waals surface area (Å²) in [6, 6.07) is 13.7. The van der Waals surface area contributed by atoms with Crippen molar-refractivity contribution in [2.75, 3.05) is 11.9 Å². The third-order valence-electron chi connectivity index (χ3n) is 4.78. The smallest absolute Gasteiger partial charge is 0.325 e. The van der Waals surface area contributed by atoms with Crippen molar-refractivity contribution in [1.29, 1.82) is 0 Å². The van der Waals surface area contributed by atoms with Crippen molar-refractivity contribution < 1.29 is 18.8 Å². The van der Waals surface area contributed by atoms with Gasteiger partial charge < -0.3 is 10.6 Å². The third kappa shape index (κ3) is 3.88. The number of hydrogen-bond acceptors (Lipinski definition) is 3. The van der Waals surface area contributed by atoms with E-state index < -0.39 is 35.7 Å². The fraction of sp³-hybridized carbons (Fsp3) is 0.286. The van der Waals surface area contributed by atoms with E-state index in [2.05, 4.69) is 10.6 Å². The number of carbonyl (C=O) groups excluding carboxylic acids is 3. The number of urea groups is 1. The zero-order valence-corrected chi connectivity index (χ0v) is 15.6. The maximum Gasteiger partial charge on any atom is 0.325 e. The molecule has 6 nitrogen and oxygen atoms in total. The molecule has 3 rings (SSSR count). The molecule has 0 saturated carbocycles. The third-order valence-corrected chi connectivity index (χ3v) is 4.78. The van der Waals surface area contributed by atoms with Crippen LogP contribution >= 0.6 is 0 Å². The Morgan fingerprint density at radius 1 is 1.11 bits per heavy atom. The summed E-state index contributed by atoms with van der Waals surface area (Å²) in [5.41, 5.74) is -0.199. The lowest BCUT2D eigenvalue weighted by Crippen LogP contribution is -2.44. The first-order chi connectivity index (χ1) is 13.5. The van der Waals surface area contributed by atoms with Gasteiger partial charge in [0, 0.05) is 5.69 Å². The molecule has 1 atom stereocenters. The standard InChI is InChI=1S/C21H22FN3O3/c1-2-3-13-21(15-9-11-16(22)12-10-15)19(27)25(20(28)24-21)14-18(26)23-17-7-5-4-6-8-17/h4-12H,2-3,13-14H2,1H3,(H,23,26)(H,24,28). The number of carbonyl (C=O) groups is 3. The summed E-state index contributed by atoms with van der Waals surface area (Å²) in [5.74, 6) is -1.40. The van der Waals surface area contributed by atoms with E-state index in [1.807, 2.05) is 13.0 Å². The van der Waals surface area contributed by atoms with Crippen LogP contribution in [-0.2, 0) is 15.1 Å². The van der Waals surface area contributed by atoms with Crippen LogP contribution < -0.4 is 10.6 Å². The number of rotatable bonds is 7. The number of nitrogens with one attached hydrogen (secondary N) is 2. The molecular weight excluding hydrogens is 361 g/mol. The number of amides is 4. The summed E-state index contributed by atoms with van der Waals surface area (Å²) >= 11 is 0. The molecule has 1 aliphatic heterocycles. The Labute approximate surface area is 162 Å². The van der Waals surface area contributed by atoms with Gasteiger partial charge in [-0.3, -0.25) is 14.5 Å². The molecule has 1 fully saturated rings. The van der Waals surface area contributed by atoms with Gasteiger partial charge in [0.2, 0.25) is 5.91 Å². The fourth-order valence-corrected chi connectivity index (χ4v) is 3.32. The average Bonchev–Trinajstić information content (AvgIpc) is 2.93. The Kier molecular flexibility index (Phi) is 5.73. The van der Waals surface area contributed by atoms with Crippen molar-refractivity contribution in [2.45, 2.75) is 31.7 Å². The van der Waals surface area contributed by atoms with Crippen LogP contribution in [0.4, 0.5) is 14.9 Å². The van der Waals surface area contributed by atoms with E-state index in [0.717, 1.165) is 11.3 Å². The predicted molar refractivity (Wildman–Crippen MR) is 103 cm³/mol. The van der Waals surface area contributed by atoms with E-state index in [-0.39, 0.29) is 0 Å². The largest absolute Gasteiger partial charge is 0.325 e. The first-order valence-electron chi connectivity index (χ1n) is 9.21.